The average Bonchev–Trinajstić information content (AvgIpc) is 2.98. The van der Waals surface area contributed by atoms with Crippen LogP contribution in [-0.4, -0.2) is 22.2 Å². The van der Waals surface area contributed by atoms with Crippen LogP contribution in [0.25, 0.3) is 23.0 Å². The number of rotatable bonds is 3. The van der Waals surface area contributed by atoms with Crippen molar-refractivity contribution in [2.75, 3.05) is 7.11 Å². The van der Waals surface area contributed by atoms with Gasteiger partial charge in [0, 0.05) is 11.8 Å². The first-order chi connectivity index (χ1) is 9.78. The molecule has 3 aromatic rings. The fourth-order valence-electron chi connectivity index (χ4n) is 1.73. The Labute approximate surface area is 120 Å². The summed E-state index contributed by atoms with van der Waals surface area (Å²) in [5.74, 6) is 1.39. The lowest BCUT2D eigenvalue weighted by molar-refractivity contribution is 0.413. The van der Waals surface area contributed by atoms with Gasteiger partial charge < -0.3 is 9.26 Å². The highest BCUT2D eigenvalue weighted by Crippen LogP contribution is 2.30. The van der Waals surface area contributed by atoms with Gasteiger partial charge in [0.1, 0.15) is 11.4 Å². The molecule has 0 atom stereocenters. The molecule has 0 fully saturated rings. The van der Waals surface area contributed by atoms with Gasteiger partial charge in [-0.1, -0.05) is 22.8 Å². The predicted molar refractivity (Wildman–Crippen MR) is 74.5 cm³/mol. The van der Waals surface area contributed by atoms with Crippen LogP contribution in [0.4, 0.5) is 0 Å². The third-order valence-electron chi connectivity index (χ3n) is 2.72. The molecule has 100 valence electrons. The Kier molecular flexibility index (Phi) is 3.35. The molecule has 3 rings (SSSR count). The Morgan fingerprint density at radius 1 is 1.20 bits per heavy atom. The smallest absolute Gasteiger partial charge is 0.258 e. The fourth-order valence-corrected chi connectivity index (χ4v) is 1.93. The van der Waals surface area contributed by atoms with E-state index in [0.717, 1.165) is 5.56 Å². The normalized spacial score (nSPS) is 10.5. The van der Waals surface area contributed by atoms with E-state index >= 15 is 0 Å². The lowest BCUT2D eigenvalue weighted by atomic mass is 10.2. The standard InChI is InChI=1S/C14H10ClN3O2/c1-19-12-8-9(5-6-10(12)15)14-17-13(18-20-14)11-4-2-3-7-16-11/h2-8H,1H3. The number of hydrogen-bond donors (Lipinski definition) is 0. The molecular weight excluding hydrogens is 278 g/mol. The second-order valence-electron chi connectivity index (χ2n) is 3.99. The minimum Gasteiger partial charge on any atom is -0.495 e. The SMILES string of the molecule is COc1cc(-c2nc(-c3ccccn3)no2)ccc1Cl. The maximum Gasteiger partial charge on any atom is 0.258 e. The van der Waals surface area contributed by atoms with Crippen LogP contribution in [0.2, 0.25) is 5.02 Å². The van der Waals surface area contributed by atoms with Gasteiger partial charge in [0.05, 0.1) is 12.1 Å². The van der Waals surface area contributed by atoms with Crippen molar-refractivity contribution in [3.05, 3.63) is 47.6 Å². The molecule has 0 unspecified atom stereocenters. The van der Waals surface area contributed by atoms with Crippen molar-refractivity contribution in [1.82, 2.24) is 15.1 Å². The van der Waals surface area contributed by atoms with Crippen LogP contribution in [0.1, 0.15) is 0 Å². The van der Waals surface area contributed by atoms with Gasteiger partial charge in [0.2, 0.25) is 5.82 Å². The van der Waals surface area contributed by atoms with Gasteiger partial charge in [-0.15, -0.1) is 0 Å². The van der Waals surface area contributed by atoms with E-state index in [1.54, 1.807) is 31.5 Å². The summed E-state index contributed by atoms with van der Waals surface area (Å²) in [5, 5.41) is 4.45. The maximum absolute atomic E-state index is 5.98. The molecule has 6 heteroatoms. The minimum atomic E-state index is 0.389. The van der Waals surface area contributed by atoms with E-state index in [9.17, 15) is 0 Å². The fraction of sp³-hybridized carbons (Fsp3) is 0.0714. The van der Waals surface area contributed by atoms with Gasteiger partial charge in [-0.2, -0.15) is 4.98 Å². The zero-order chi connectivity index (χ0) is 13.9. The molecule has 0 aliphatic rings. The van der Waals surface area contributed by atoms with E-state index in [-0.39, 0.29) is 0 Å². The first-order valence-corrected chi connectivity index (χ1v) is 6.25. The third-order valence-corrected chi connectivity index (χ3v) is 3.03. The van der Waals surface area contributed by atoms with Crippen molar-refractivity contribution in [1.29, 1.82) is 0 Å². The summed E-state index contributed by atoms with van der Waals surface area (Å²) in [4.78, 5) is 8.49. The monoisotopic (exact) mass is 287 g/mol. The molecule has 0 spiro atoms. The number of aromatic nitrogens is 3. The van der Waals surface area contributed by atoms with Crippen LogP contribution >= 0.6 is 11.6 Å². The van der Waals surface area contributed by atoms with Crippen LogP contribution < -0.4 is 4.74 Å². The largest absolute Gasteiger partial charge is 0.495 e. The molecule has 0 aliphatic carbocycles. The zero-order valence-electron chi connectivity index (χ0n) is 10.6. The molecule has 0 radical (unpaired) electrons. The summed E-state index contributed by atoms with van der Waals surface area (Å²) in [5.41, 5.74) is 1.39. The molecule has 20 heavy (non-hydrogen) atoms. The molecule has 0 N–H and O–H groups in total. The molecule has 5 nitrogen and oxygen atoms in total. The number of methoxy groups -OCH3 is 1. The highest BCUT2D eigenvalue weighted by Gasteiger charge is 2.13. The van der Waals surface area contributed by atoms with Crippen LogP contribution in [-0.2, 0) is 0 Å². The number of benzene rings is 1. The number of hydrogen-bond acceptors (Lipinski definition) is 5. The van der Waals surface area contributed by atoms with E-state index in [0.29, 0.717) is 28.2 Å². The van der Waals surface area contributed by atoms with Crippen LogP contribution in [0.3, 0.4) is 0 Å². The van der Waals surface area contributed by atoms with Gasteiger partial charge in [-0.05, 0) is 30.3 Å². The summed E-state index contributed by atoms with van der Waals surface area (Å²) >= 11 is 5.98. The Hall–Kier alpha value is -2.40. The molecule has 0 amide bonds. The van der Waals surface area contributed by atoms with Gasteiger partial charge in [0.15, 0.2) is 0 Å². The second kappa shape index (κ2) is 5.30. The Morgan fingerprint density at radius 2 is 2.10 bits per heavy atom. The Morgan fingerprint density at radius 3 is 2.85 bits per heavy atom. The summed E-state index contributed by atoms with van der Waals surface area (Å²) < 4.78 is 10.4. The van der Waals surface area contributed by atoms with Crippen molar-refractivity contribution in [3.63, 3.8) is 0 Å². The number of pyridine rings is 1. The molecular formula is C14H10ClN3O2. The summed E-state index contributed by atoms with van der Waals surface area (Å²) in [7, 11) is 1.55. The van der Waals surface area contributed by atoms with Crippen molar-refractivity contribution in [2.24, 2.45) is 0 Å². The van der Waals surface area contributed by atoms with E-state index in [4.69, 9.17) is 20.9 Å². The summed E-state index contributed by atoms with van der Waals surface area (Å²) in [6, 6.07) is 10.8. The first kappa shape index (κ1) is 12.6. The van der Waals surface area contributed by atoms with Crippen molar-refractivity contribution < 1.29 is 9.26 Å². The van der Waals surface area contributed by atoms with E-state index in [2.05, 4.69) is 15.1 Å². The first-order valence-electron chi connectivity index (χ1n) is 5.87. The van der Waals surface area contributed by atoms with Crippen LogP contribution in [0.15, 0.2) is 47.1 Å². The number of ether oxygens (including phenoxy) is 1. The predicted octanol–water partition coefficient (Wildman–Crippen LogP) is 3.46. The lowest BCUT2D eigenvalue weighted by Gasteiger charge is -2.03. The minimum absolute atomic E-state index is 0.389. The highest BCUT2D eigenvalue weighted by molar-refractivity contribution is 6.32. The summed E-state index contributed by atoms with van der Waals surface area (Å²) in [6.45, 7) is 0. The molecule has 0 bridgehead atoms. The summed E-state index contributed by atoms with van der Waals surface area (Å²) in [6.07, 6.45) is 1.68. The number of nitrogens with zero attached hydrogens (tertiary/aromatic N) is 3. The van der Waals surface area contributed by atoms with Crippen molar-refractivity contribution >= 4 is 11.6 Å². The lowest BCUT2D eigenvalue weighted by Crippen LogP contribution is -1.86. The van der Waals surface area contributed by atoms with Gasteiger partial charge in [-0.25, -0.2) is 0 Å². The topological polar surface area (TPSA) is 61.0 Å². The van der Waals surface area contributed by atoms with Crippen molar-refractivity contribution in [2.45, 2.75) is 0 Å². The molecule has 0 saturated carbocycles. The molecule has 1 aromatic carbocycles. The second-order valence-corrected chi connectivity index (χ2v) is 4.39. The zero-order valence-corrected chi connectivity index (χ0v) is 11.3. The quantitative estimate of drug-likeness (QED) is 0.738. The molecule has 0 aliphatic heterocycles. The van der Waals surface area contributed by atoms with Gasteiger partial charge in [0.25, 0.3) is 5.89 Å². The molecule has 2 aromatic heterocycles. The third kappa shape index (κ3) is 2.35. The van der Waals surface area contributed by atoms with E-state index in [1.165, 1.54) is 0 Å². The van der Waals surface area contributed by atoms with Crippen LogP contribution in [0.5, 0.6) is 5.75 Å². The van der Waals surface area contributed by atoms with E-state index < -0.39 is 0 Å². The van der Waals surface area contributed by atoms with Crippen LogP contribution in [0, 0.1) is 0 Å². The molecule has 0 saturated heterocycles. The number of halogens is 1. The average molecular weight is 288 g/mol. The van der Waals surface area contributed by atoms with Gasteiger partial charge >= 0.3 is 0 Å². The van der Waals surface area contributed by atoms with Crippen molar-refractivity contribution in [3.8, 4) is 28.7 Å². The maximum atomic E-state index is 5.98. The highest BCUT2D eigenvalue weighted by atomic mass is 35.5. The van der Waals surface area contributed by atoms with Gasteiger partial charge in [-0.3, -0.25) is 4.98 Å². The molecule has 2 heterocycles. The van der Waals surface area contributed by atoms with E-state index in [1.807, 2.05) is 18.2 Å². The Balaban J connectivity index is 1.98. The Bertz CT molecular complexity index is 728.